The zero-order valence-corrected chi connectivity index (χ0v) is 21.0. The predicted molar refractivity (Wildman–Crippen MR) is 134 cm³/mol. The maximum atomic E-state index is 12.9. The second-order valence-corrected chi connectivity index (χ2v) is 10.2. The lowest BCUT2D eigenvalue weighted by Gasteiger charge is -2.30. The lowest BCUT2D eigenvalue weighted by Crippen LogP contribution is -2.41. The van der Waals surface area contributed by atoms with Gasteiger partial charge in [-0.25, -0.2) is 0 Å². The van der Waals surface area contributed by atoms with E-state index in [-0.39, 0.29) is 17.8 Å². The first kappa shape index (κ1) is 24.5. The molecule has 180 valence electrons. The van der Waals surface area contributed by atoms with Crippen molar-refractivity contribution >= 4 is 35.0 Å². The largest absolute Gasteiger partial charge is 0.466 e. The number of carbonyl (C=O) groups excluding carboxylic acids is 2. The molecule has 0 saturated carbocycles. The van der Waals surface area contributed by atoms with Gasteiger partial charge in [0, 0.05) is 30.9 Å². The summed E-state index contributed by atoms with van der Waals surface area (Å²) in [5.41, 5.74) is 1.26. The van der Waals surface area contributed by atoms with Crippen LogP contribution in [-0.4, -0.2) is 57.0 Å². The van der Waals surface area contributed by atoms with E-state index in [1.165, 1.54) is 22.2 Å². The van der Waals surface area contributed by atoms with Gasteiger partial charge in [0.25, 0.3) is 0 Å². The molecular weight excluding hydrogens is 468 g/mol. The molecule has 0 bridgehead atoms. The third kappa shape index (κ3) is 6.48. The molecule has 1 saturated heterocycles. The van der Waals surface area contributed by atoms with Crippen LogP contribution in [0, 0.1) is 5.92 Å². The Labute approximate surface area is 208 Å². The van der Waals surface area contributed by atoms with Gasteiger partial charge in [-0.1, -0.05) is 48.2 Å². The Morgan fingerprint density at radius 2 is 1.91 bits per heavy atom. The Bertz CT molecular complexity index is 1060. The number of aromatic nitrogens is 3. The summed E-state index contributed by atoms with van der Waals surface area (Å²) in [6, 6.07) is 14.5. The van der Waals surface area contributed by atoms with Crippen LogP contribution < -0.4 is 0 Å². The highest BCUT2D eigenvalue weighted by Crippen LogP contribution is 2.24. The molecule has 7 nitrogen and oxygen atoms in total. The van der Waals surface area contributed by atoms with Crippen LogP contribution in [-0.2, 0) is 33.7 Å². The van der Waals surface area contributed by atoms with Crippen molar-refractivity contribution in [2.24, 2.45) is 5.92 Å². The van der Waals surface area contributed by atoms with Crippen molar-refractivity contribution in [2.45, 2.75) is 44.3 Å². The number of esters is 1. The van der Waals surface area contributed by atoms with Crippen LogP contribution in [0.15, 0.2) is 53.0 Å². The van der Waals surface area contributed by atoms with E-state index in [9.17, 15) is 9.59 Å². The maximum absolute atomic E-state index is 12.9. The van der Waals surface area contributed by atoms with Crippen molar-refractivity contribution < 1.29 is 14.3 Å². The average molecular weight is 499 g/mol. The molecular formula is C25H30N4O3S2. The van der Waals surface area contributed by atoms with Crippen molar-refractivity contribution in [3.8, 4) is 0 Å². The van der Waals surface area contributed by atoms with Crippen LogP contribution in [0.3, 0.4) is 0 Å². The first-order valence-electron chi connectivity index (χ1n) is 11.7. The van der Waals surface area contributed by atoms with Crippen LogP contribution in [0.4, 0.5) is 0 Å². The van der Waals surface area contributed by atoms with Gasteiger partial charge in [0.2, 0.25) is 5.91 Å². The lowest BCUT2D eigenvalue weighted by molar-refractivity contribution is -0.151. The molecule has 0 spiro atoms. The molecule has 0 aliphatic carbocycles. The van der Waals surface area contributed by atoms with E-state index in [4.69, 9.17) is 4.74 Å². The Morgan fingerprint density at radius 1 is 1.12 bits per heavy atom. The van der Waals surface area contributed by atoms with E-state index < -0.39 is 0 Å². The monoisotopic (exact) mass is 498 g/mol. The minimum atomic E-state index is -0.145. The van der Waals surface area contributed by atoms with Crippen molar-refractivity contribution in [3.05, 3.63) is 64.1 Å². The van der Waals surface area contributed by atoms with Crippen LogP contribution in [0.5, 0.6) is 0 Å². The summed E-state index contributed by atoms with van der Waals surface area (Å²) < 4.78 is 7.28. The number of rotatable bonds is 10. The summed E-state index contributed by atoms with van der Waals surface area (Å²) in [4.78, 5) is 27.9. The highest BCUT2D eigenvalue weighted by molar-refractivity contribution is 7.99. The molecule has 0 radical (unpaired) electrons. The third-order valence-corrected chi connectivity index (χ3v) is 7.79. The maximum Gasteiger partial charge on any atom is 0.309 e. The average Bonchev–Trinajstić information content (AvgIpc) is 3.52. The van der Waals surface area contributed by atoms with Crippen LogP contribution in [0.25, 0.3) is 0 Å². The highest BCUT2D eigenvalue weighted by Gasteiger charge is 2.28. The molecule has 0 atom stereocenters. The number of hydrogen-bond acceptors (Lipinski definition) is 7. The molecule has 1 amide bonds. The van der Waals surface area contributed by atoms with Crippen LogP contribution in [0.1, 0.15) is 36.0 Å². The van der Waals surface area contributed by atoms with E-state index in [1.807, 2.05) is 36.1 Å². The van der Waals surface area contributed by atoms with E-state index in [0.29, 0.717) is 38.3 Å². The number of carbonyl (C=O) groups is 2. The Morgan fingerprint density at radius 3 is 2.62 bits per heavy atom. The van der Waals surface area contributed by atoms with E-state index in [0.717, 1.165) is 30.4 Å². The Kier molecular flexibility index (Phi) is 8.76. The van der Waals surface area contributed by atoms with Gasteiger partial charge in [0.05, 0.1) is 18.3 Å². The number of amides is 1. The summed E-state index contributed by atoms with van der Waals surface area (Å²) >= 11 is 3.15. The molecule has 1 fully saturated rings. The van der Waals surface area contributed by atoms with Gasteiger partial charge in [0.1, 0.15) is 5.82 Å². The minimum Gasteiger partial charge on any atom is -0.466 e. The normalized spacial score (nSPS) is 14.3. The fourth-order valence-electron chi connectivity index (χ4n) is 4.08. The van der Waals surface area contributed by atoms with Crippen molar-refractivity contribution in [3.63, 3.8) is 0 Å². The molecule has 3 heterocycles. The highest BCUT2D eigenvalue weighted by atomic mass is 32.2. The number of hydrogen-bond donors (Lipinski definition) is 0. The summed E-state index contributed by atoms with van der Waals surface area (Å²) in [6.45, 7) is 4.16. The minimum absolute atomic E-state index is 0.0738. The molecule has 4 rings (SSSR count). The van der Waals surface area contributed by atoms with Crippen molar-refractivity contribution in [1.29, 1.82) is 0 Å². The fraction of sp³-hybridized carbons (Fsp3) is 0.440. The smallest absolute Gasteiger partial charge is 0.309 e. The zero-order chi connectivity index (χ0) is 23.8. The van der Waals surface area contributed by atoms with Gasteiger partial charge in [-0.05, 0) is 43.2 Å². The molecule has 34 heavy (non-hydrogen) atoms. The Hall–Kier alpha value is -2.65. The first-order valence-corrected chi connectivity index (χ1v) is 13.6. The summed E-state index contributed by atoms with van der Waals surface area (Å²) in [5.74, 6) is 1.06. The lowest BCUT2D eigenvalue weighted by atomic mass is 9.97. The number of piperidine rings is 1. The topological polar surface area (TPSA) is 77.3 Å². The standard InChI is InChI=1S/C25H30N4O3S2/c1-2-32-24(31)20-11-13-28(14-12-20)23(30)18-34-25-27-26-22(17-21-9-6-16-33-21)29(25)15-10-19-7-4-3-5-8-19/h3-9,16,20H,2,10-15,17-18H2,1H3. The van der Waals surface area contributed by atoms with Gasteiger partial charge < -0.3 is 14.2 Å². The zero-order valence-electron chi connectivity index (χ0n) is 19.4. The van der Waals surface area contributed by atoms with Crippen LogP contribution >= 0.6 is 23.1 Å². The predicted octanol–water partition coefficient (Wildman–Crippen LogP) is 4.07. The van der Waals surface area contributed by atoms with Gasteiger partial charge in [0.15, 0.2) is 5.16 Å². The quantitative estimate of drug-likeness (QED) is 0.310. The summed E-state index contributed by atoms with van der Waals surface area (Å²) in [6.07, 6.45) is 2.93. The molecule has 3 aromatic rings. The number of ether oxygens (including phenoxy) is 1. The summed E-state index contributed by atoms with van der Waals surface area (Å²) in [5, 5.41) is 11.7. The molecule has 1 aliphatic rings. The molecule has 1 aromatic carbocycles. The molecule has 2 aromatic heterocycles. The van der Waals surface area contributed by atoms with Gasteiger partial charge in [-0.2, -0.15) is 0 Å². The fourth-order valence-corrected chi connectivity index (χ4v) is 5.67. The Balaban J connectivity index is 1.37. The van der Waals surface area contributed by atoms with Crippen molar-refractivity contribution in [2.75, 3.05) is 25.4 Å². The van der Waals surface area contributed by atoms with Gasteiger partial charge in [-0.15, -0.1) is 21.5 Å². The van der Waals surface area contributed by atoms with E-state index in [2.05, 4.69) is 38.3 Å². The molecule has 0 N–H and O–H groups in total. The second kappa shape index (κ2) is 12.2. The van der Waals surface area contributed by atoms with E-state index >= 15 is 0 Å². The molecule has 9 heteroatoms. The molecule has 1 aliphatic heterocycles. The number of thiophene rings is 1. The number of likely N-dealkylation sites (tertiary alicyclic amines) is 1. The summed E-state index contributed by atoms with van der Waals surface area (Å²) in [7, 11) is 0. The molecule has 0 unspecified atom stereocenters. The van der Waals surface area contributed by atoms with Crippen LogP contribution in [0.2, 0.25) is 0 Å². The number of aryl methyl sites for hydroxylation is 1. The SMILES string of the molecule is CCOC(=O)C1CCN(C(=O)CSc2nnc(Cc3cccs3)n2CCc2ccccc2)CC1. The number of nitrogens with zero attached hydrogens (tertiary/aromatic N) is 4. The van der Waals surface area contributed by atoms with Gasteiger partial charge >= 0.3 is 5.97 Å². The van der Waals surface area contributed by atoms with Gasteiger partial charge in [-0.3, -0.25) is 9.59 Å². The first-order chi connectivity index (χ1) is 16.6. The second-order valence-electron chi connectivity index (χ2n) is 8.24. The number of benzene rings is 1. The third-order valence-electron chi connectivity index (χ3n) is 5.97. The van der Waals surface area contributed by atoms with Crippen molar-refractivity contribution in [1.82, 2.24) is 19.7 Å². The van der Waals surface area contributed by atoms with E-state index in [1.54, 1.807) is 11.3 Å². The number of thioether (sulfide) groups is 1.